The molecule has 2 aromatic rings. The van der Waals surface area contributed by atoms with Gasteiger partial charge in [0.2, 0.25) is 0 Å². The number of hydrogen-bond donors (Lipinski definition) is 0. The van der Waals surface area contributed by atoms with Gasteiger partial charge in [0.05, 0.1) is 7.11 Å². The van der Waals surface area contributed by atoms with Crippen molar-refractivity contribution in [3.63, 3.8) is 0 Å². The topological polar surface area (TPSA) is 26.3 Å². The molecule has 0 amide bonds. The molecule has 0 aliphatic rings. The molecular weight excluding hydrogens is 220 g/mol. The van der Waals surface area contributed by atoms with Gasteiger partial charge >= 0.3 is 5.97 Å². The quantitative estimate of drug-likeness (QED) is 0.738. The van der Waals surface area contributed by atoms with Crippen molar-refractivity contribution in [2.24, 2.45) is 0 Å². The molecule has 0 aliphatic carbocycles. The van der Waals surface area contributed by atoms with E-state index in [0.29, 0.717) is 4.88 Å². The molecule has 0 radical (unpaired) electrons. The number of carbonyl (C=O) groups is 1. The number of allylic oxidation sites excluding steroid dienone is 1. The van der Waals surface area contributed by atoms with Crippen LogP contribution in [0.2, 0.25) is 0 Å². The number of fused-ring (bicyclic) bond motifs is 1. The molecule has 0 bridgehead atoms. The van der Waals surface area contributed by atoms with Gasteiger partial charge in [0, 0.05) is 4.70 Å². The van der Waals surface area contributed by atoms with Gasteiger partial charge in [-0.05, 0) is 29.5 Å². The molecule has 0 unspecified atom stereocenters. The van der Waals surface area contributed by atoms with Crippen LogP contribution in [-0.4, -0.2) is 13.1 Å². The van der Waals surface area contributed by atoms with Gasteiger partial charge in [-0.3, -0.25) is 0 Å². The Balaban J connectivity index is 2.65. The highest BCUT2D eigenvalue weighted by Crippen LogP contribution is 2.32. The first kappa shape index (κ1) is 10.9. The molecule has 0 aliphatic heterocycles. The first-order valence-electron chi connectivity index (χ1n) is 4.90. The zero-order valence-electron chi connectivity index (χ0n) is 9.24. The molecule has 2 nitrogen and oxygen atoms in total. The Kier molecular flexibility index (Phi) is 2.79. The summed E-state index contributed by atoms with van der Waals surface area (Å²) < 4.78 is 5.81. The van der Waals surface area contributed by atoms with Gasteiger partial charge in [0.25, 0.3) is 0 Å². The van der Waals surface area contributed by atoms with Crippen molar-refractivity contribution in [1.82, 2.24) is 0 Å². The third kappa shape index (κ3) is 1.74. The molecule has 0 fully saturated rings. The molecule has 3 heteroatoms. The standard InChI is InChI=1S/C13H12O2S/c1-8(2)10-6-4-5-9-7-11(13(14)15-3)16-12(9)10/h4-7H,1H2,2-3H3. The number of esters is 1. The van der Waals surface area contributed by atoms with Crippen LogP contribution in [0, 0.1) is 0 Å². The Bertz CT molecular complexity index is 566. The fourth-order valence-corrected chi connectivity index (χ4v) is 2.77. The van der Waals surface area contributed by atoms with Crippen molar-refractivity contribution >= 4 is 33.0 Å². The smallest absolute Gasteiger partial charge is 0.348 e. The van der Waals surface area contributed by atoms with Gasteiger partial charge in [0.1, 0.15) is 4.88 Å². The summed E-state index contributed by atoms with van der Waals surface area (Å²) in [6.07, 6.45) is 0. The molecule has 0 N–H and O–H groups in total. The first-order chi connectivity index (χ1) is 7.63. The number of benzene rings is 1. The molecule has 0 saturated heterocycles. The van der Waals surface area contributed by atoms with Crippen molar-refractivity contribution in [3.05, 3.63) is 41.3 Å². The largest absolute Gasteiger partial charge is 0.465 e. The molecule has 0 atom stereocenters. The van der Waals surface area contributed by atoms with Crippen molar-refractivity contribution in [2.45, 2.75) is 6.92 Å². The lowest BCUT2D eigenvalue weighted by atomic mass is 10.1. The van der Waals surface area contributed by atoms with E-state index in [9.17, 15) is 4.79 Å². The second kappa shape index (κ2) is 4.10. The van der Waals surface area contributed by atoms with Crippen LogP contribution >= 0.6 is 11.3 Å². The van der Waals surface area contributed by atoms with E-state index in [1.54, 1.807) is 0 Å². The highest BCUT2D eigenvalue weighted by molar-refractivity contribution is 7.21. The normalized spacial score (nSPS) is 10.4. The highest BCUT2D eigenvalue weighted by Gasteiger charge is 2.12. The van der Waals surface area contributed by atoms with Crippen LogP contribution in [0.25, 0.3) is 15.7 Å². The van der Waals surface area contributed by atoms with E-state index in [-0.39, 0.29) is 5.97 Å². The summed E-state index contributed by atoms with van der Waals surface area (Å²) in [4.78, 5) is 12.1. The molecular formula is C13H12O2S. The second-order valence-electron chi connectivity index (χ2n) is 3.61. The molecule has 1 aromatic carbocycles. The lowest BCUT2D eigenvalue weighted by Gasteiger charge is -2.00. The van der Waals surface area contributed by atoms with Crippen LogP contribution in [-0.2, 0) is 4.74 Å². The van der Waals surface area contributed by atoms with E-state index in [0.717, 1.165) is 21.2 Å². The molecule has 1 aromatic heterocycles. The predicted molar refractivity (Wildman–Crippen MR) is 67.9 cm³/mol. The highest BCUT2D eigenvalue weighted by atomic mass is 32.1. The van der Waals surface area contributed by atoms with E-state index >= 15 is 0 Å². The number of carbonyl (C=O) groups excluding carboxylic acids is 1. The lowest BCUT2D eigenvalue weighted by Crippen LogP contribution is -1.96. The fraction of sp³-hybridized carbons (Fsp3) is 0.154. The Morgan fingerprint density at radius 1 is 1.44 bits per heavy atom. The summed E-state index contributed by atoms with van der Waals surface area (Å²) in [5.41, 5.74) is 2.10. The zero-order valence-corrected chi connectivity index (χ0v) is 10.1. The van der Waals surface area contributed by atoms with Crippen molar-refractivity contribution < 1.29 is 9.53 Å². The van der Waals surface area contributed by atoms with Crippen LogP contribution in [0.4, 0.5) is 0 Å². The van der Waals surface area contributed by atoms with E-state index < -0.39 is 0 Å². The van der Waals surface area contributed by atoms with Gasteiger partial charge in [-0.1, -0.05) is 24.8 Å². The number of thiophene rings is 1. The minimum absolute atomic E-state index is 0.283. The average molecular weight is 232 g/mol. The van der Waals surface area contributed by atoms with Crippen molar-refractivity contribution in [2.75, 3.05) is 7.11 Å². The predicted octanol–water partition coefficient (Wildman–Crippen LogP) is 3.72. The fourth-order valence-electron chi connectivity index (χ4n) is 1.60. The summed E-state index contributed by atoms with van der Waals surface area (Å²) in [6, 6.07) is 7.84. The van der Waals surface area contributed by atoms with E-state index in [2.05, 4.69) is 6.58 Å². The molecule has 2 rings (SSSR count). The molecule has 0 saturated carbocycles. The van der Waals surface area contributed by atoms with Crippen molar-refractivity contribution in [3.8, 4) is 0 Å². The van der Waals surface area contributed by atoms with Gasteiger partial charge in [-0.2, -0.15) is 0 Å². The second-order valence-corrected chi connectivity index (χ2v) is 4.66. The van der Waals surface area contributed by atoms with Gasteiger partial charge in [-0.15, -0.1) is 11.3 Å². The Morgan fingerprint density at radius 3 is 2.81 bits per heavy atom. The number of hydrogen-bond acceptors (Lipinski definition) is 3. The Labute approximate surface area is 98.2 Å². The SMILES string of the molecule is C=C(C)c1cccc2cc(C(=O)OC)sc12. The molecule has 16 heavy (non-hydrogen) atoms. The maximum absolute atomic E-state index is 11.4. The summed E-state index contributed by atoms with van der Waals surface area (Å²) in [5, 5.41) is 1.06. The summed E-state index contributed by atoms with van der Waals surface area (Å²) in [5.74, 6) is -0.283. The van der Waals surface area contributed by atoms with E-state index in [1.807, 2.05) is 31.2 Å². The average Bonchev–Trinajstić information content (AvgIpc) is 2.70. The monoisotopic (exact) mass is 232 g/mol. The maximum Gasteiger partial charge on any atom is 0.348 e. The van der Waals surface area contributed by atoms with E-state index in [4.69, 9.17) is 4.74 Å². The van der Waals surface area contributed by atoms with Crippen LogP contribution < -0.4 is 0 Å². The summed E-state index contributed by atoms with van der Waals surface area (Å²) in [6.45, 7) is 5.90. The van der Waals surface area contributed by atoms with Gasteiger partial charge in [0.15, 0.2) is 0 Å². The Hall–Kier alpha value is -1.61. The lowest BCUT2D eigenvalue weighted by molar-refractivity contribution is 0.0606. The minimum Gasteiger partial charge on any atom is -0.465 e. The minimum atomic E-state index is -0.283. The van der Waals surface area contributed by atoms with Crippen LogP contribution in [0.15, 0.2) is 30.8 Å². The van der Waals surface area contributed by atoms with Gasteiger partial charge < -0.3 is 4.74 Å². The van der Waals surface area contributed by atoms with Crippen LogP contribution in [0.1, 0.15) is 22.2 Å². The molecule has 0 spiro atoms. The van der Waals surface area contributed by atoms with Crippen LogP contribution in [0.3, 0.4) is 0 Å². The number of methoxy groups -OCH3 is 1. The van der Waals surface area contributed by atoms with E-state index in [1.165, 1.54) is 18.4 Å². The maximum atomic E-state index is 11.4. The molecule has 82 valence electrons. The number of ether oxygens (including phenoxy) is 1. The van der Waals surface area contributed by atoms with Crippen LogP contribution in [0.5, 0.6) is 0 Å². The molecule has 1 heterocycles. The third-order valence-electron chi connectivity index (χ3n) is 2.39. The Morgan fingerprint density at radius 2 is 2.19 bits per heavy atom. The summed E-state index contributed by atoms with van der Waals surface area (Å²) in [7, 11) is 1.40. The number of rotatable bonds is 2. The summed E-state index contributed by atoms with van der Waals surface area (Å²) >= 11 is 1.45. The zero-order chi connectivity index (χ0) is 11.7. The van der Waals surface area contributed by atoms with Crippen molar-refractivity contribution in [1.29, 1.82) is 0 Å². The third-order valence-corrected chi connectivity index (χ3v) is 3.55. The van der Waals surface area contributed by atoms with Gasteiger partial charge in [-0.25, -0.2) is 4.79 Å². The first-order valence-corrected chi connectivity index (χ1v) is 5.72.